The number of hydrogen-bond donors (Lipinski definition) is 0. The molecule has 0 bridgehead atoms. The number of morpholine rings is 1. The van der Waals surface area contributed by atoms with Gasteiger partial charge in [0.15, 0.2) is 0 Å². The summed E-state index contributed by atoms with van der Waals surface area (Å²) >= 11 is 6.00. The van der Waals surface area contributed by atoms with Crippen molar-refractivity contribution in [3.63, 3.8) is 0 Å². The summed E-state index contributed by atoms with van der Waals surface area (Å²) in [7, 11) is 0. The first-order chi connectivity index (χ1) is 11.3. The Kier molecular flexibility index (Phi) is 5.00. The van der Waals surface area contributed by atoms with Crippen molar-refractivity contribution >= 4 is 28.2 Å². The van der Waals surface area contributed by atoms with Crippen molar-refractivity contribution in [1.82, 2.24) is 4.98 Å². The molecule has 4 rings (SSSR count). The van der Waals surface area contributed by atoms with Gasteiger partial charge in [-0.1, -0.05) is 41.9 Å². The maximum atomic E-state index is 6.00. The van der Waals surface area contributed by atoms with Crippen molar-refractivity contribution in [3.05, 3.63) is 59.6 Å². The molecular weight excluding hydrogens is 324 g/mol. The quantitative estimate of drug-likeness (QED) is 0.715. The van der Waals surface area contributed by atoms with Crippen molar-refractivity contribution in [2.45, 2.75) is 0 Å². The Morgan fingerprint density at radius 1 is 0.958 bits per heavy atom. The molecule has 5 heteroatoms. The molecule has 0 aliphatic carbocycles. The lowest BCUT2D eigenvalue weighted by atomic mass is 10.1. The minimum atomic E-state index is 0. The number of anilines is 1. The first-order valence-electron chi connectivity index (χ1n) is 7.80. The fourth-order valence-corrected chi connectivity index (χ4v) is 3.12. The van der Waals surface area contributed by atoms with Crippen LogP contribution in [0.25, 0.3) is 22.2 Å². The Balaban J connectivity index is 0.00000169. The Morgan fingerprint density at radius 3 is 2.42 bits per heavy atom. The second kappa shape index (κ2) is 7.18. The second-order valence-electron chi connectivity index (χ2n) is 5.65. The molecule has 2 N–H and O–H groups in total. The molecule has 0 radical (unpaired) electrons. The molecule has 1 saturated heterocycles. The molecule has 3 aromatic rings. The highest BCUT2D eigenvalue weighted by atomic mass is 35.5. The molecule has 1 aliphatic heterocycles. The highest BCUT2D eigenvalue weighted by molar-refractivity contribution is 6.30. The highest BCUT2D eigenvalue weighted by Gasteiger charge is 2.16. The number of pyridine rings is 1. The number of halogens is 1. The number of benzene rings is 2. The number of nitrogens with zero attached hydrogens (tertiary/aromatic N) is 2. The van der Waals surface area contributed by atoms with Crippen LogP contribution in [0.4, 0.5) is 5.69 Å². The van der Waals surface area contributed by atoms with Gasteiger partial charge in [-0.2, -0.15) is 0 Å². The minimum Gasteiger partial charge on any atom is -0.412 e. The molecule has 0 atom stereocenters. The fraction of sp³-hybridized carbons (Fsp3) is 0.211. The predicted molar refractivity (Wildman–Crippen MR) is 98.8 cm³/mol. The number of rotatable bonds is 2. The van der Waals surface area contributed by atoms with Gasteiger partial charge in [-0.05, 0) is 24.3 Å². The van der Waals surface area contributed by atoms with Crippen LogP contribution in [-0.4, -0.2) is 36.8 Å². The van der Waals surface area contributed by atoms with E-state index in [1.165, 1.54) is 11.1 Å². The van der Waals surface area contributed by atoms with Crippen molar-refractivity contribution < 1.29 is 10.2 Å². The molecule has 24 heavy (non-hydrogen) atoms. The molecule has 124 valence electrons. The third-order valence-corrected chi connectivity index (χ3v) is 4.44. The van der Waals surface area contributed by atoms with E-state index >= 15 is 0 Å². The Bertz CT molecular complexity index is 830. The van der Waals surface area contributed by atoms with Gasteiger partial charge in [0, 0.05) is 34.7 Å². The first kappa shape index (κ1) is 16.7. The molecule has 0 spiro atoms. The predicted octanol–water partition coefficient (Wildman–Crippen LogP) is 3.57. The van der Waals surface area contributed by atoms with Crippen LogP contribution in [0.1, 0.15) is 0 Å². The largest absolute Gasteiger partial charge is 0.412 e. The van der Waals surface area contributed by atoms with Crippen molar-refractivity contribution in [2.24, 2.45) is 0 Å². The van der Waals surface area contributed by atoms with E-state index in [2.05, 4.69) is 29.2 Å². The molecule has 1 aromatic heterocycles. The van der Waals surface area contributed by atoms with Crippen LogP contribution in [0.2, 0.25) is 5.02 Å². The van der Waals surface area contributed by atoms with Gasteiger partial charge < -0.3 is 15.1 Å². The van der Waals surface area contributed by atoms with Gasteiger partial charge in [0.2, 0.25) is 0 Å². The van der Waals surface area contributed by atoms with E-state index in [4.69, 9.17) is 21.3 Å². The van der Waals surface area contributed by atoms with Crippen molar-refractivity contribution in [1.29, 1.82) is 0 Å². The number of ether oxygens (including phenoxy) is 1. The standard InChI is InChI=1S/C19H17ClN2O.H2O/c20-15-7-5-14(6-8-15)18-13-19(22-9-11-23-12-10-22)16-3-1-2-4-17(16)21-18;/h1-8,13H,9-12H2;1H2. The van der Waals surface area contributed by atoms with Crippen LogP contribution in [0, 0.1) is 0 Å². The monoisotopic (exact) mass is 342 g/mol. The van der Waals surface area contributed by atoms with Crippen LogP contribution in [-0.2, 0) is 4.74 Å². The van der Waals surface area contributed by atoms with Gasteiger partial charge in [0.1, 0.15) is 0 Å². The summed E-state index contributed by atoms with van der Waals surface area (Å²) in [6, 6.07) is 18.3. The number of fused-ring (bicyclic) bond motifs is 1. The van der Waals surface area contributed by atoms with E-state index in [0.29, 0.717) is 0 Å². The van der Waals surface area contributed by atoms with Crippen LogP contribution in [0.15, 0.2) is 54.6 Å². The number of hydrogen-bond acceptors (Lipinski definition) is 3. The smallest absolute Gasteiger partial charge is 0.0730 e. The van der Waals surface area contributed by atoms with E-state index in [-0.39, 0.29) is 5.48 Å². The average molecular weight is 343 g/mol. The fourth-order valence-electron chi connectivity index (χ4n) is 2.99. The van der Waals surface area contributed by atoms with Gasteiger partial charge in [-0.15, -0.1) is 0 Å². The number of para-hydroxylation sites is 1. The number of aromatic nitrogens is 1. The highest BCUT2D eigenvalue weighted by Crippen LogP contribution is 2.31. The van der Waals surface area contributed by atoms with Crippen molar-refractivity contribution in [3.8, 4) is 11.3 Å². The third kappa shape index (κ3) is 3.22. The van der Waals surface area contributed by atoms with Crippen LogP contribution in [0.5, 0.6) is 0 Å². The maximum Gasteiger partial charge on any atom is 0.0730 e. The van der Waals surface area contributed by atoms with E-state index in [9.17, 15) is 0 Å². The molecule has 2 heterocycles. The van der Waals surface area contributed by atoms with Crippen LogP contribution in [0.3, 0.4) is 0 Å². The summed E-state index contributed by atoms with van der Waals surface area (Å²) < 4.78 is 5.49. The summed E-state index contributed by atoms with van der Waals surface area (Å²) in [5.41, 5.74) is 4.29. The van der Waals surface area contributed by atoms with Gasteiger partial charge in [-0.25, -0.2) is 4.98 Å². The maximum absolute atomic E-state index is 6.00. The summed E-state index contributed by atoms with van der Waals surface area (Å²) in [5, 5.41) is 1.93. The van der Waals surface area contributed by atoms with E-state index < -0.39 is 0 Å². The van der Waals surface area contributed by atoms with E-state index in [1.807, 2.05) is 30.3 Å². The Morgan fingerprint density at radius 2 is 1.67 bits per heavy atom. The second-order valence-corrected chi connectivity index (χ2v) is 6.09. The molecular formula is C19H19ClN2O2. The summed E-state index contributed by atoms with van der Waals surface area (Å²) in [5.74, 6) is 0. The van der Waals surface area contributed by atoms with Crippen molar-refractivity contribution in [2.75, 3.05) is 31.2 Å². The molecule has 0 unspecified atom stereocenters. The van der Waals surface area contributed by atoms with Crippen LogP contribution >= 0.6 is 11.6 Å². The molecule has 0 amide bonds. The zero-order valence-corrected chi connectivity index (χ0v) is 14.0. The zero-order chi connectivity index (χ0) is 15.6. The minimum absolute atomic E-state index is 0. The van der Waals surface area contributed by atoms with Gasteiger partial charge >= 0.3 is 0 Å². The zero-order valence-electron chi connectivity index (χ0n) is 13.2. The molecule has 4 nitrogen and oxygen atoms in total. The SMILES string of the molecule is Clc1ccc(-c2cc(N3CCOCC3)c3ccccc3n2)cc1.O. The molecule has 0 saturated carbocycles. The van der Waals surface area contributed by atoms with Gasteiger partial charge in [0.25, 0.3) is 0 Å². The Labute approximate surface area is 146 Å². The summed E-state index contributed by atoms with van der Waals surface area (Å²) in [6.45, 7) is 3.36. The normalized spacial score (nSPS) is 14.5. The summed E-state index contributed by atoms with van der Waals surface area (Å²) in [6.07, 6.45) is 0. The lowest BCUT2D eigenvalue weighted by molar-refractivity contribution is 0.123. The lowest BCUT2D eigenvalue weighted by Gasteiger charge is -2.30. The van der Waals surface area contributed by atoms with Gasteiger partial charge in [-0.3, -0.25) is 0 Å². The Hall–Kier alpha value is -2.14. The lowest BCUT2D eigenvalue weighted by Crippen LogP contribution is -2.36. The van der Waals surface area contributed by atoms with E-state index in [1.54, 1.807) is 0 Å². The average Bonchev–Trinajstić information content (AvgIpc) is 2.62. The molecule has 2 aromatic carbocycles. The van der Waals surface area contributed by atoms with Crippen LogP contribution < -0.4 is 4.90 Å². The molecule has 1 fully saturated rings. The summed E-state index contributed by atoms with van der Waals surface area (Å²) in [4.78, 5) is 7.21. The van der Waals surface area contributed by atoms with E-state index in [0.717, 1.165) is 48.1 Å². The molecule has 1 aliphatic rings. The first-order valence-corrected chi connectivity index (χ1v) is 8.17. The van der Waals surface area contributed by atoms with Gasteiger partial charge in [0.05, 0.1) is 24.4 Å². The topological polar surface area (TPSA) is 56.9 Å². The third-order valence-electron chi connectivity index (χ3n) is 4.19.